The summed E-state index contributed by atoms with van der Waals surface area (Å²) >= 11 is 7.27. The van der Waals surface area contributed by atoms with E-state index >= 15 is 0 Å². The fraction of sp³-hybridized carbons (Fsp3) is 0.250. The summed E-state index contributed by atoms with van der Waals surface area (Å²) in [6, 6.07) is 4.45. The average molecular weight is 315 g/mol. The summed E-state index contributed by atoms with van der Waals surface area (Å²) in [5, 5.41) is 26.2. The lowest BCUT2D eigenvalue weighted by Crippen LogP contribution is -1.94. The Morgan fingerprint density at radius 2 is 2.20 bits per heavy atom. The number of nitrogens with zero attached hydrogens (tertiary/aromatic N) is 2. The topological polar surface area (TPSA) is 96.5 Å². The maximum absolute atomic E-state index is 10.4. The van der Waals surface area contributed by atoms with Crippen LogP contribution in [-0.2, 0) is 4.79 Å². The monoisotopic (exact) mass is 314 g/mol. The van der Waals surface area contributed by atoms with Gasteiger partial charge in [-0.3, -0.25) is 4.79 Å². The molecule has 106 valence electrons. The number of phenolic OH excluding ortho intramolecular Hbond substituents is 1. The van der Waals surface area contributed by atoms with Gasteiger partial charge in [0, 0.05) is 12.2 Å². The molecule has 0 radical (unpaired) electrons. The smallest absolute Gasteiger partial charge is 0.303 e. The lowest BCUT2D eigenvalue weighted by molar-refractivity contribution is -0.137. The molecule has 0 saturated carbocycles. The van der Waals surface area contributed by atoms with Crippen molar-refractivity contribution in [2.24, 2.45) is 0 Å². The molecular formula is C12H11ClN2O4S. The Kier molecular flexibility index (Phi) is 4.86. The third-order valence-electron chi connectivity index (χ3n) is 2.35. The van der Waals surface area contributed by atoms with E-state index in [9.17, 15) is 9.90 Å². The molecule has 0 bridgehead atoms. The molecule has 1 heterocycles. The number of rotatable bonds is 6. The molecule has 0 fully saturated rings. The molecular weight excluding hydrogens is 304 g/mol. The van der Waals surface area contributed by atoms with E-state index in [4.69, 9.17) is 21.1 Å². The number of thioether (sulfide) groups is 1. The van der Waals surface area contributed by atoms with E-state index in [-0.39, 0.29) is 18.1 Å². The molecule has 1 aromatic carbocycles. The zero-order valence-electron chi connectivity index (χ0n) is 10.2. The average Bonchev–Trinajstić information content (AvgIpc) is 2.83. The lowest BCUT2D eigenvalue weighted by Gasteiger charge is -1.99. The molecule has 6 nitrogen and oxygen atoms in total. The highest BCUT2D eigenvalue weighted by Gasteiger charge is 2.12. The first-order valence-corrected chi connectivity index (χ1v) is 7.09. The van der Waals surface area contributed by atoms with Crippen molar-refractivity contribution in [3.05, 3.63) is 23.2 Å². The second-order valence-corrected chi connectivity index (χ2v) is 5.34. The van der Waals surface area contributed by atoms with Gasteiger partial charge in [0.25, 0.3) is 5.22 Å². The summed E-state index contributed by atoms with van der Waals surface area (Å²) in [7, 11) is 0. The number of halogens is 1. The normalized spacial score (nSPS) is 10.7. The first-order chi connectivity index (χ1) is 9.56. The number of aliphatic carboxylic acids is 1. The molecule has 0 aliphatic carbocycles. The lowest BCUT2D eigenvalue weighted by atomic mass is 10.2. The van der Waals surface area contributed by atoms with E-state index in [0.29, 0.717) is 28.0 Å². The van der Waals surface area contributed by atoms with Crippen LogP contribution in [0.25, 0.3) is 11.5 Å². The maximum Gasteiger partial charge on any atom is 0.303 e. The van der Waals surface area contributed by atoms with Crippen LogP contribution in [0.5, 0.6) is 5.75 Å². The first kappa shape index (κ1) is 14.7. The summed E-state index contributed by atoms with van der Waals surface area (Å²) in [5.41, 5.74) is 0.536. The fourth-order valence-electron chi connectivity index (χ4n) is 1.44. The molecule has 0 unspecified atom stereocenters. The van der Waals surface area contributed by atoms with Crippen molar-refractivity contribution in [1.82, 2.24) is 10.2 Å². The molecule has 2 aromatic rings. The third kappa shape index (κ3) is 3.88. The van der Waals surface area contributed by atoms with Crippen LogP contribution in [-0.4, -0.2) is 32.1 Å². The van der Waals surface area contributed by atoms with Crippen molar-refractivity contribution in [1.29, 1.82) is 0 Å². The van der Waals surface area contributed by atoms with Crippen LogP contribution >= 0.6 is 23.4 Å². The Bertz CT molecular complexity index is 617. The number of benzene rings is 1. The van der Waals surface area contributed by atoms with Gasteiger partial charge in [0.15, 0.2) is 0 Å². The second kappa shape index (κ2) is 6.62. The molecule has 0 aliphatic rings. The molecule has 8 heteroatoms. The minimum Gasteiger partial charge on any atom is -0.508 e. The minimum atomic E-state index is -0.826. The van der Waals surface area contributed by atoms with Gasteiger partial charge in [0.1, 0.15) is 5.75 Å². The molecule has 0 saturated heterocycles. The zero-order chi connectivity index (χ0) is 14.5. The third-order valence-corrected chi connectivity index (χ3v) is 3.57. The molecule has 0 amide bonds. The van der Waals surface area contributed by atoms with Gasteiger partial charge in [-0.05, 0) is 24.6 Å². The summed E-state index contributed by atoms with van der Waals surface area (Å²) in [4.78, 5) is 10.4. The summed E-state index contributed by atoms with van der Waals surface area (Å²) in [6.45, 7) is 0. The number of carboxylic acid groups (broad SMARTS) is 1. The molecule has 0 aliphatic heterocycles. The van der Waals surface area contributed by atoms with E-state index in [2.05, 4.69) is 10.2 Å². The predicted octanol–water partition coefficient (Wildman–Crippen LogP) is 3.05. The van der Waals surface area contributed by atoms with Crippen molar-refractivity contribution >= 4 is 29.3 Å². The van der Waals surface area contributed by atoms with Crippen molar-refractivity contribution in [2.75, 3.05) is 5.75 Å². The number of aromatic nitrogens is 2. The minimum absolute atomic E-state index is 0.0570. The van der Waals surface area contributed by atoms with Crippen LogP contribution in [0.2, 0.25) is 5.02 Å². The summed E-state index contributed by atoms with van der Waals surface area (Å²) < 4.78 is 5.42. The highest BCUT2D eigenvalue weighted by molar-refractivity contribution is 7.99. The van der Waals surface area contributed by atoms with Crippen LogP contribution in [0.1, 0.15) is 12.8 Å². The molecule has 0 spiro atoms. The van der Waals surface area contributed by atoms with Crippen molar-refractivity contribution < 1.29 is 19.4 Å². The van der Waals surface area contributed by atoms with Gasteiger partial charge in [-0.25, -0.2) is 0 Å². The second-order valence-electron chi connectivity index (χ2n) is 3.88. The number of hydrogen-bond acceptors (Lipinski definition) is 6. The highest BCUT2D eigenvalue weighted by atomic mass is 35.5. The van der Waals surface area contributed by atoms with Crippen LogP contribution in [0.15, 0.2) is 27.8 Å². The Labute approximate surface area is 123 Å². The van der Waals surface area contributed by atoms with Gasteiger partial charge in [-0.2, -0.15) is 0 Å². The van der Waals surface area contributed by atoms with E-state index in [1.807, 2.05) is 0 Å². The number of phenols is 1. The Balaban J connectivity index is 1.99. The quantitative estimate of drug-likeness (QED) is 0.624. The predicted molar refractivity (Wildman–Crippen MR) is 74.0 cm³/mol. The van der Waals surface area contributed by atoms with E-state index < -0.39 is 5.97 Å². The molecule has 1 aromatic heterocycles. The van der Waals surface area contributed by atoms with Crippen molar-refractivity contribution in [3.63, 3.8) is 0 Å². The molecule has 0 atom stereocenters. The fourth-order valence-corrected chi connectivity index (χ4v) is 2.39. The number of carbonyl (C=O) groups is 1. The first-order valence-electron chi connectivity index (χ1n) is 5.73. The van der Waals surface area contributed by atoms with Gasteiger partial charge in [-0.1, -0.05) is 23.4 Å². The Morgan fingerprint density at radius 3 is 2.90 bits per heavy atom. The van der Waals surface area contributed by atoms with Gasteiger partial charge in [0.2, 0.25) is 5.89 Å². The number of carboxylic acids is 1. The molecule has 20 heavy (non-hydrogen) atoms. The van der Waals surface area contributed by atoms with Crippen LogP contribution in [0, 0.1) is 0 Å². The van der Waals surface area contributed by atoms with E-state index in [0.717, 1.165) is 0 Å². The highest BCUT2D eigenvalue weighted by Crippen LogP contribution is 2.31. The van der Waals surface area contributed by atoms with Crippen LogP contribution < -0.4 is 0 Å². The summed E-state index contributed by atoms with van der Waals surface area (Å²) in [6.07, 6.45) is 0.634. The van der Waals surface area contributed by atoms with Crippen molar-refractivity contribution in [2.45, 2.75) is 18.1 Å². The van der Waals surface area contributed by atoms with E-state index in [1.54, 1.807) is 6.07 Å². The Morgan fingerprint density at radius 1 is 1.40 bits per heavy atom. The molecule has 2 N–H and O–H groups in total. The number of aromatic hydroxyl groups is 1. The van der Waals surface area contributed by atoms with Crippen LogP contribution in [0.3, 0.4) is 0 Å². The molecule has 2 rings (SSSR count). The maximum atomic E-state index is 10.4. The van der Waals surface area contributed by atoms with Gasteiger partial charge < -0.3 is 14.6 Å². The Hall–Kier alpha value is -1.73. The SMILES string of the molecule is O=C(O)CCCSc1nnc(-c2ccc(O)cc2Cl)o1. The number of hydrogen-bond donors (Lipinski definition) is 2. The van der Waals surface area contributed by atoms with Gasteiger partial charge in [0.05, 0.1) is 10.6 Å². The van der Waals surface area contributed by atoms with Crippen molar-refractivity contribution in [3.8, 4) is 17.2 Å². The summed E-state index contributed by atoms with van der Waals surface area (Å²) in [5.74, 6) is 0.0713. The van der Waals surface area contributed by atoms with E-state index in [1.165, 1.54) is 23.9 Å². The van der Waals surface area contributed by atoms with Gasteiger partial charge in [-0.15, -0.1) is 10.2 Å². The van der Waals surface area contributed by atoms with Gasteiger partial charge >= 0.3 is 5.97 Å². The van der Waals surface area contributed by atoms with Crippen LogP contribution in [0.4, 0.5) is 0 Å². The largest absolute Gasteiger partial charge is 0.508 e. The zero-order valence-corrected chi connectivity index (χ0v) is 11.8. The standard InChI is InChI=1S/C12H11ClN2O4S/c13-9-6-7(16)3-4-8(9)11-14-15-12(19-11)20-5-1-2-10(17)18/h3-4,6,16H,1-2,5H2,(H,17,18).